The molecule has 0 bridgehead atoms. The van der Waals surface area contributed by atoms with Gasteiger partial charge in [-0.3, -0.25) is 0 Å². The van der Waals surface area contributed by atoms with Gasteiger partial charge in [0.2, 0.25) is 0 Å². The summed E-state index contributed by atoms with van der Waals surface area (Å²) in [6.07, 6.45) is 0. The van der Waals surface area contributed by atoms with Gasteiger partial charge in [-0.1, -0.05) is 11.6 Å². The van der Waals surface area contributed by atoms with Crippen LogP contribution in [0, 0.1) is 6.92 Å². The zero-order chi connectivity index (χ0) is 15.4. The number of rotatable bonds is 4. The van der Waals surface area contributed by atoms with Crippen LogP contribution >= 0.6 is 11.6 Å². The maximum absolute atomic E-state index is 11.6. The third-order valence-electron chi connectivity index (χ3n) is 2.88. The van der Waals surface area contributed by atoms with Gasteiger partial charge in [-0.25, -0.2) is 4.79 Å². The molecule has 0 fully saturated rings. The van der Waals surface area contributed by atoms with Gasteiger partial charge in [-0.2, -0.15) is 0 Å². The SMILES string of the molecule is CCOC(=O)c1ccc(Oc2ccc(Cl)c(C)c2)c(N)c1. The van der Waals surface area contributed by atoms with Crippen LogP contribution < -0.4 is 10.5 Å². The monoisotopic (exact) mass is 305 g/mol. The minimum atomic E-state index is -0.405. The van der Waals surface area contributed by atoms with Gasteiger partial charge in [-0.05, 0) is 55.8 Å². The Morgan fingerprint density at radius 3 is 2.62 bits per heavy atom. The van der Waals surface area contributed by atoms with Gasteiger partial charge >= 0.3 is 5.97 Å². The molecule has 0 spiro atoms. The van der Waals surface area contributed by atoms with Crippen LogP contribution in [0.5, 0.6) is 11.5 Å². The second kappa shape index (κ2) is 6.50. The number of nitrogens with two attached hydrogens (primary N) is 1. The smallest absolute Gasteiger partial charge is 0.338 e. The van der Waals surface area contributed by atoms with Gasteiger partial charge in [0.05, 0.1) is 17.9 Å². The van der Waals surface area contributed by atoms with E-state index in [0.29, 0.717) is 34.4 Å². The number of hydrogen-bond donors (Lipinski definition) is 1. The molecule has 0 saturated heterocycles. The molecule has 110 valence electrons. The molecular weight excluding hydrogens is 290 g/mol. The summed E-state index contributed by atoms with van der Waals surface area (Å²) < 4.78 is 10.6. The number of aryl methyl sites for hydroxylation is 1. The summed E-state index contributed by atoms with van der Waals surface area (Å²) >= 11 is 5.97. The Morgan fingerprint density at radius 1 is 1.24 bits per heavy atom. The minimum Gasteiger partial charge on any atom is -0.462 e. The Labute approximate surface area is 128 Å². The van der Waals surface area contributed by atoms with Crippen LogP contribution in [0.25, 0.3) is 0 Å². The highest BCUT2D eigenvalue weighted by atomic mass is 35.5. The molecule has 0 aliphatic heterocycles. The lowest BCUT2D eigenvalue weighted by atomic mass is 10.2. The summed E-state index contributed by atoms with van der Waals surface area (Å²) in [5.41, 5.74) is 7.59. The molecule has 21 heavy (non-hydrogen) atoms. The lowest BCUT2D eigenvalue weighted by molar-refractivity contribution is 0.0526. The van der Waals surface area contributed by atoms with E-state index in [1.807, 2.05) is 13.0 Å². The lowest BCUT2D eigenvalue weighted by Crippen LogP contribution is -2.05. The fourth-order valence-corrected chi connectivity index (χ4v) is 1.91. The Morgan fingerprint density at radius 2 is 2.00 bits per heavy atom. The topological polar surface area (TPSA) is 61.5 Å². The molecule has 5 heteroatoms. The van der Waals surface area contributed by atoms with Crippen molar-refractivity contribution in [3.63, 3.8) is 0 Å². The highest BCUT2D eigenvalue weighted by Crippen LogP contribution is 2.30. The second-order valence-corrected chi connectivity index (χ2v) is 4.89. The first kappa shape index (κ1) is 15.2. The molecule has 2 rings (SSSR count). The highest BCUT2D eigenvalue weighted by Gasteiger charge is 2.10. The first-order valence-electron chi connectivity index (χ1n) is 6.52. The summed E-state index contributed by atoms with van der Waals surface area (Å²) in [6, 6.07) is 10.1. The van der Waals surface area contributed by atoms with Gasteiger partial charge in [0.1, 0.15) is 11.5 Å². The summed E-state index contributed by atoms with van der Waals surface area (Å²) in [4.78, 5) is 11.6. The predicted molar refractivity (Wildman–Crippen MR) is 83.1 cm³/mol. The van der Waals surface area contributed by atoms with E-state index in [9.17, 15) is 4.79 Å². The first-order valence-corrected chi connectivity index (χ1v) is 6.89. The molecule has 2 aromatic rings. The number of ether oxygens (including phenoxy) is 2. The number of halogens is 1. The average Bonchev–Trinajstić information content (AvgIpc) is 2.45. The van der Waals surface area contributed by atoms with Crippen molar-refractivity contribution >= 4 is 23.3 Å². The molecule has 0 radical (unpaired) electrons. The van der Waals surface area contributed by atoms with E-state index in [4.69, 9.17) is 26.8 Å². The summed E-state index contributed by atoms with van der Waals surface area (Å²) in [5, 5.41) is 0.674. The number of anilines is 1. The third kappa shape index (κ3) is 3.67. The van der Waals surface area contributed by atoms with Gasteiger partial charge in [0.15, 0.2) is 0 Å². The molecule has 0 aromatic heterocycles. The predicted octanol–water partition coefficient (Wildman–Crippen LogP) is 4.20. The van der Waals surface area contributed by atoms with Crippen LogP contribution in [0.1, 0.15) is 22.8 Å². The van der Waals surface area contributed by atoms with E-state index < -0.39 is 5.97 Å². The fraction of sp³-hybridized carbons (Fsp3) is 0.188. The zero-order valence-electron chi connectivity index (χ0n) is 11.9. The van der Waals surface area contributed by atoms with Gasteiger partial charge in [0, 0.05) is 5.02 Å². The molecule has 2 aromatic carbocycles. The molecule has 0 aliphatic rings. The summed E-state index contributed by atoms with van der Waals surface area (Å²) in [5.74, 6) is 0.704. The van der Waals surface area contributed by atoms with Crippen LogP contribution in [0.3, 0.4) is 0 Å². The van der Waals surface area contributed by atoms with Crippen molar-refractivity contribution in [2.24, 2.45) is 0 Å². The standard InChI is InChI=1S/C16H16ClNO3/c1-3-20-16(19)11-4-7-15(14(18)9-11)21-12-5-6-13(17)10(2)8-12/h4-9H,3,18H2,1-2H3. The number of carbonyl (C=O) groups excluding carboxylic acids is 1. The van der Waals surface area contributed by atoms with E-state index in [1.165, 1.54) is 6.07 Å². The Hall–Kier alpha value is -2.20. The first-order chi connectivity index (χ1) is 10.0. The summed E-state index contributed by atoms with van der Waals surface area (Å²) in [7, 11) is 0. The molecule has 0 aliphatic carbocycles. The van der Waals surface area contributed by atoms with Crippen LogP contribution in [0.2, 0.25) is 5.02 Å². The van der Waals surface area contributed by atoms with Crippen molar-refractivity contribution in [2.45, 2.75) is 13.8 Å². The fourth-order valence-electron chi connectivity index (χ4n) is 1.79. The van der Waals surface area contributed by atoms with Gasteiger partial charge in [-0.15, -0.1) is 0 Å². The Kier molecular flexibility index (Phi) is 4.70. The maximum atomic E-state index is 11.6. The largest absolute Gasteiger partial charge is 0.462 e. The molecule has 4 nitrogen and oxygen atoms in total. The minimum absolute atomic E-state index is 0.320. The van der Waals surface area contributed by atoms with E-state index >= 15 is 0 Å². The van der Waals surface area contributed by atoms with E-state index in [-0.39, 0.29) is 0 Å². The van der Waals surface area contributed by atoms with Crippen LogP contribution in [-0.4, -0.2) is 12.6 Å². The van der Waals surface area contributed by atoms with Crippen molar-refractivity contribution in [1.29, 1.82) is 0 Å². The van der Waals surface area contributed by atoms with Crippen molar-refractivity contribution in [2.75, 3.05) is 12.3 Å². The van der Waals surface area contributed by atoms with Gasteiger partial charge in [0.25, 0.3) is 0 Å². The van der Waals surface area contributed by atoms with Crippen LogP contribution in [0.15, 0.2) is 36.4 Å². The van der Waals surface area contributed by atoms with Crippen molar-refractivity contribution < 1.29 is 14.3 Å². The van der Waals surface area contributed by atoms with E-state index in [2.05, 4.69) is 0 Å². The van der Waals surface area contributed by atoms with Crippen molar-refractivity contribution in [3.8, 4) is 11.5 Å². The molecular formula is C16H16ClNO3. The Balaban J connectivity index is 2.21. The normalized spacial score (nSPS) is 10.2. The number of nitrogen functional groups attached to an aromatic ring is 1. The lowest BCUT2D eigenvalue weighted by Gasteiger charge is -2.11. The van der Waals surface area contributed by atoms with E-state index in [0.717, 1.165) is 5.56 Å². The molecule has 2 N–H and O–H groups in total. The Bertz CT molecular complexity index is 671. The summed E-state index contributed by atoms with van der Waals surface area (Å²) in [6.45, 7) is 3.96. The number of carbonyl (C=O) groups is 1. The zero-order valence-corrected chi connectivity index (χ0v) is 12.6. The van der Waals surface area contributed by atoms with Crippen LogP contribution in [0.4, 0.5) is 5.69 Å². The quantitative estimate of drug-likeness (QED) is 0.679. The molecule has 0 saturated carbocycles. The number of benzene rings is 2. The second-order valence-electron chi connectivity index (χ2n) is 4.49. The van der Waals surface area contributed by atoms with Crippen molar-refractivity contribution in [1.82, 2.24) is 0 Å². The maximum Gasteiger partial charge on any atom is 0.338 e. The molecule has 0 unspecified atom stereocenters. The highest BCUT2D eigenvalue weighted by molar-refractivity contribution is 6.31. The molecule has 0 heterocycles. The van der Waals surface area contributed by atoms with E-state index in [1.54, 1.807) is 31.2 Å². The van der Waals surface area contributed by atoms with Crippen LogP contribution in [-0.2, 0) is 4.74 Å². The van der Waals surface area contributed by atoms with Gasteiger partial charge < -0.3 is 15.2 Å². The number of hydrogen-bond acceptors (Lipinski definition) is 4. The average molecular weight is 306 g/mol. The third-order valence-corrected chi connectivity index (χ3v) is 3.30. The molecule has 0 atom stereocenters. The van der Waals surface area contributed by atoms with Crippen molar-refractivity contribution in [3.05, 3.63) is 52.5 Å². The molecule has 0 amide bonds. The number of esters is 1.